The number of ether oxygens (including phenoxy) is 2. The van der Waals surface area contributed by atoms with Crippen molar-refractivity contribution in [3.05, 3.63) is 34.8 Å². The van der Waals surface area contributed by atoms with Crippen molar-refractivity contribution in [3.63, 3.8) is 0 Å². The molecule has 0 aliphatic heterocycles. The fourth-order valence-electron chi connectivity index (χ4n) is 1.67. The van der Waals surface area contributed by atoms with Gasteiger partial charge in [-0.3, -0.25) is 0 Å². The number of hydrogen-bond acceptors (Lipinski definition) is 5. The number of methoxy groups -OCH3 is 2. The van der Waals surface area contributed by atoms with Gasteiger partial charge >= 0.3 is 0 Å². The highest BCUT2D eigenvalue weighted by Gasteiger charge is 2.11. The first kappa shape index (κ1) is 12.7. The van der Waals surface area contributed by atoms with Crippen LogP contribution in [-0.4, -0.2) is 19.2 Å². The predicted molar refractivity (Wildman–Crippen MR) is 73.7 cm³/mol. The smallest absolute Gasteiger partial charge is 0.142 e. The lowest BCUT2D eigenvalue weighted by molar-refractivity contribution is 0.404. The Bertz CT molecular complexity index is 500. The molecule has 1 unspecified atom stereocenters. The van der Waals surface area contributed by atoms with Crippen molar-refractivity contribution in [3.8, 4) is 11.5 Å². The second-order valence-corrected chi connectivity index (χ2v) is 4.73. The van der Waals surface area contributed by atoms with Crippen LogP contribution >= 0.6 is 11.3 Å². The van der Waals surface area contributed by atoms with Gasteiger partial charge in [0.05, 0.1) is 25.9 Å². The summed E-state index contributed by atoms with van der Waals surface area (Å²) in [5.41, 5.74) is 0.902. The van der Waals surface area contributed by atoms with E-state index in [9.17, 15) is 0 Å². The van der Waals surface area contributed by atoms with Crippen molar-refractivity contribution < 1.29 is 9.47 Å². The topological polar surface area (TPSA) is 43.4 Å². The van der Waals surface area contributed by atoms with Crippen LogP contribution in [0.2, 0.25) is 0 Å². The van der Waals surface area contributed by atoms with E-state index in [4.69, 9.17) is 9.47 Å². The highest BCUT2D eigenvalue weighted by Crippen LogP contribution is 2.32. The van der Waals surface area contributed by atoms with E-state index >= 15 is 0 Å². The maximum atomic E-state index is 5.33. The number of hydrogen-bond donors (Lipinski definition) is 1. The van der Waals surface area contributed by atoms with Crippen LogP contribution in [-0.2, 0) is 0 Å². The van der Waals surface area contributed by atoms with Gasteiger partial charge in [0.1, 0.15) is 16.5 Å². The number of benzene rings is 1. The molecule has 0 aliphatic rings. The van der Waals surface area contributed by atoms with Crippen LogP contribution in [0.25, 0.3) is 0 Å². The molecule has 0 amide bonds. The summed E-state index contributed by atoms with van der Waals surface area (Å²) < 4.78 is 10.5. The maximum absolute atomic E-state index is 5.33. The zero-order valence-electron chi connectivity index (χ0n) is 10.6. The highest BCUT2D eigenvalue weighted by molar-refractivity contribution is 7.09. The number of anilines is 1. The molecule has 2 rings (SSSR count). The van der Waals surface area contributed by atoms with E-state index in [0.29, 0.717) is 0 Å². The van der Waals surface area contributed by atoms with E-state index in [1.807, 2.05) is 23.6 Å². The number of rotatable bonds is 5. The molecule has 1 heterocycles. The molecule has 5 heteroatoms. The first-order valence-corrected chi connectivity index (χ1v) is 6.50. The monoisotopic (exact) mass is 264 g/mol. The van der Waals surface area contributed by atoms with E-state index in [-0.39, 0.29) is 6.04 Å². The van der Waals surface area contributed by atoms with E-state index in [1.165, 1.54) is 0 Å². The van der Waals surface area contributed by atoms with Crippen LogP contribution in [0.3, 0.4) is 0 Å². The van der Waals surface area contributed by atoms with Gasteiger partial charge in [-0.05, 0) is 19.1 Å². The molecule has 1 N–H and O–H groups in total. The Hall–Kier alpha value is -1.75. The molecule has 2 aromatic rings. The van der Waals surface area contributed by atoms with Gasteiger partial charge in [-0.2, -0.15) is 0 Å². The molecule has 0 radical (unpaired) electrons. The van der Waals surface area contributed by atoms with Crippen LogP contribution < -0.4 is 14.8 Å². The van der Waals surface area contributed by atoms with Gasteiger partial charge in [-0.15, -0.1) is 11.3 Å². The maximum Gasteiger partial charge on any atom is 0.142 e. The largest absolute Gasteiger partial charge is 0.497 e. The number of nitrogens with zero attached hydrogens (tertiary/aromatic N) is 1. The Morgan fingerprint density at radius 2 is 2.11 bits per heavy atom. The molecule has 0 saturated heterocycles. The van der Waals surface area contributed by atoms with E-state index in [0.717, 1.165) is 22.2 Å². The summed E-state index contributed by atoms with van der Waals surface area (Å²) in [6.07, 6.45) is 1.81. The fraction of sp³-hybridized carbons (Fsp3) is 0.308. The lowest BCUT2D eigenvalue weighted by Crippen LogP contribution is -2.07. The first-order valence-electron chi connectivity index (χ1n) is 5.62. The Morgan fingerprint density at radius 3 is 2.72 bits per heavy atom. The van der Waals surface area contributed by atoms with Gasteiger partial charge in [-0.25, -0.2) is 4.98 Å². The third-order valence-corrected chi connectivity index (χ3v) is 3.56. The van der Waals surface area contributed by atoms with Gasteiger partial charge in [0.15, 0.2) is 0 Å². The van der Waals surface area contributed by atoms with Crippen molar-refractivity contribution in [1.29, 1.82) is 0 Å². The standard InChI is InChI=1S/C13H16N2O2S/c1-9(13-14-6-7-18-13)15-11-8-10(16-2)4-5-12(11)17-3/h4-9,15H,1-3H3. The minimum atomic E-state index is 0.131. The normalized spacial score (nSPS) is 11.9. The lowest BCUT2D eigenvalue weighted by atomic mass is 10.2. The molecule has 0 saturated carbocycles. The van der Waals surface area contributed by atoms with Crippen molar-refractivity contribution in [2.24, 2.45) is 0 Å². The summed E-state index contributed by atoms with van der Waals surface area (Å²) in [6, 6.07) is 5.81. The Kier molecular flexibility index (Phi) is 4.04. The second kappa shape index (κ2) is 5.73. The predicted octanol–water partition coefficient (Wildman–Crippen LogP) is 3.33. The summed E-state index contributed by atoms with van der Waals surface area (Å²) in [5, 5.41) is 6.39. The van der Waals surface area contributed by atoms with Crippen molar-refractivity contribution in [2.45, 2.75) is 13.0 Å². The summed E-state index contributed by atoms with van der Waals surface area (Å²) in [7, 11) is 3.30. The number of nitrogens with one attached hydrogen (secondary N) is 1. The zero-order chi connectivity index (χ0) is 13.0. The summed E-state index contributed by atoms with van der Waals surface area (Å²) in [5.74, 6) is 1.59. The highest BCUT2D eigenvalue weighted by atomic mass is 32.1. The molecule has 96 valence electrons. The minimum absolute atomic E-state index is 0.131. The third-order valence-electron chi connectivity index (χ3n) is 2.60. The molecule has 0 fully saturated rings. The average molecular weight is 264 g/mol. The van der Waals surface area contributed by atoms with Crippen LogP contribution in [0.15, 0.2) is 29.8 Å². The van der Waals surface area contributed by atoms with Crippen LogP contribution in [0.1, 0.15) is 18.0 Å². The van der Waals surface area contributed by atoms with Gasteiger partial charge < -0.3 is 14.8 Å². The van der Waals surface area contributed by atoms with Crippen LogP contribution in [0.5, 0.6) is 11.5 Å². The summed E-state index contributed by atoms with van der Waals surface area (Å²) >= 11 is 1.63. The van der Waals surface area contributed by atoms with E-state index in [1.54, 1.807) is 31.8 Å². The molecule has 18 heavy (non-hydrogen) atoms. The molecular weight excluding hydrogens is 248 g/mol. The molecule has 1 atom stereocenters. The molecule has 0 spiro atoms. The van der Waals surface area contributed by atoms with Gasteiger partial charge in [0.25, 0.3) is 0 Å². The van der Waals surface area contributed by atoms with Gasteiger partial charge in [0.2, 0.25) is 0 Å². The van der Waals surface area contributed by atoms with E-state index < -0.39 is 0 Å². The van der Waals surface area contributed by atoms with Gasteiger partial charge in [-0.1, -0.05) is 0 Å². The quantitative estimate of drug-likeness (QED) is 0.899. The number of aromatic nitrogens is 1. The molecular formula is C13H16N2O2S. The summed E-state index contributed by atoms with van der Waals surface area (Å²) in [6.45, 7) is 2.07. The van der Waals surface area contributed by atoms with Crippen molar-refractivity contribution >= 4 is 17.0 Å². The first-order chi connectivity index (χ1) is 8.74. The second-order valence-electron chi connectivity index (χ2n) is 3.80. The molecule has 4 nitrogen and oxygen atoms in total. The van der Waals surface area contributed by atoms with Crippen LogP contribution in [0.4, 0.5) is 5.69 Å². The fourth-order valence-corrected chi connectivity index (χ4v) is 2.32. The molecule has 0 bridgehead atoms. The SMILES string of the molecule is COc1ccc(OC)c(NC(C)c2nccs2)c1. The minimum Gasteiger partial charge on any atom is -0.497 e. The van der Waals surface area contributed by atoms with Crippen molar-refractivity contribution in [1.82, 2.24) is 4.98 Å². The lowest BCUT2D eigenvalue weighted by Gasteiger charge is -2.16. The Labute approximate surface area is 111 Å². The van der Waals surface area contributed by atoms with Gasteiger partial charge in [0, 0.05) is 17.6 Å². The third kappa shape index (κ3) is 2.73. The van der Waals surface area contributed by atoms with Crippen LogP contribution in [0, 0.1) is 0 Å². The summed E-state index contributed by atoms with van der Waals surface area (Å²) in [4.78, 5) is 4.29. The van der Waals surface area contributed by atoms with E-state index in [2.05, 4.69) is 17.2 Å². The number of thiazole rings is 1. The average Bonchev–Trinajstić information content (AvgIpc) is 2.92. The Morgan fingerprint density at radius 1 is 1.28 bits per heavy atom. The zero-order valence-corrected chi connectivity index (χ0v) is 11.5. The molecule has 0 aliphatic carbocycles. The molecule has 1 aromatic heterocycles. The Balaban J connectivity index is 2.21. The van der Waals surface area contributed by atoms with Crippen molar-refractivity contribution in [2.75, 3.05) is 19.5 Å². The molecule has 1 aromatic carbocycles.